The molecule has 2 heterocycles. The molecule has 3 unspecified atom stereocenters. The first kappa shape index (κ1) is 14.5. The van der Waals surface area contributed by atoms with E-state index in [2.05, 4.69) is 27.0 Å². The summed E-state index contributed by atoms with van der Waals surface area (Å²) >= 11 is 1.74. The summed E-state index contributed by atoms with van der Waals surface area (Å²) in [5.41, 5.74) is 1.77. The average molecular weight is 330 g/mol. The van der Waals surface area contributed by atoms with Gasteiger partial charge in [0, 0.05) is 18.5 Å². The Morgan fingerprint density at radius 3 is 2.87 bits per heavy atom. The molecule has 3 nitrogen and oxygen atoms in total. The van der Waals surface area contributed by atoms with Crippen LogP contribution in [0.25, 0.3) is 0 Å². The van der Waals surface area contributed by atoms with Crippen molar-refractivity contribution >= 4 is 17.2 Å². The molecule has 3 saturated carbocycles. The summed E-state index contributed by atoms with van der Waals surface area (Å²) in [6, 6.07) is 2.70. The zero-order chi connectivity index (χ0) is 15.4. The Labute approximate surface area is 142 Å². The number of nitrogens with zero attached hydrogens (tertiary/aromatic N) is 1. The Kier molecular flexibility index (Phi) is 3.35. The third kappa shape index (κ3) is 2.64. The van der Waals surface area contributed by atoms with E-state index in [0.29, 0.717) is 23.3 Å². The molecule has 1 aromatic rings. The highest BCUT2D eigenvalue weighted by atomic mass is 32.1. The number of carbonyl (C=O) groups is 1. The molecule has 4 fully saturated rings. The Balaban J connectivity index is 1.33. The van der Waals surface area contributed by atoms with Crippen molar-refractivity contribution in [3.63, 3.8) is 0 Å². The second kappa shape index (κ2) is 5.32. The van der Waals surface area contributed by atoms with Gasteiger partial charge in [0.15, 0.2) is 0 Å². The molecule has 1 saturated heterocycles. The van der Waals surface area contributed by atoms with Gasteiger partial charge in [-0.1, -0.05) is 0 Å². The average Bonchev–Trinajstić information content (AvgIpc) is 3.46. The van der Waals surface area contributed by atoms with Crippen molar-refractivity contribution < 1.29 is 4.79 Å². The van der Waals surface area contributed by atoms with Crippen molar-refractivity contribution in [2.24, 2.45) is 23.2 Å². The molecule has 0 bridgehead atoms. The molecule has 1 amide bonds. The Morgan fingerprint density at radius 1 is 1.35 bits per heavy atom. The van der Waals surface area contributed by atoms with Gasteiger partial charge in [0.25, 0.3) is 0 Å². The second-order valence-electron chi connectivity index (χ2n) is 8.27. The summed E-state index contributed by atoms with van der Waals surface area (Å²) in [6.45, 7) is 3.10. The molecule has 3 atom stereocenters. The van der Waals surface area contributed by atoms with Crippen molar-refractivity contribution in [2.45, 2.75) is 51.1 Å². The fourth-order valence-corrected chi connectivity index (χ4v) is 5.57. The van der Waals surface area contributed by atoms with Gasteiger partial charge >= 0.3 is 0 Å². The van der Waals surface area contributed by atoms with Crippen molar-refractivity contribution in [3.05, 3.63) is 22.4 Å². The third-order valence-electron chi connectivity index (χ3n) is 6.72. The number of piperidine rings is 1. The molecule has 5 rings (SSSR count). The normalized spacial score (nSPS) is 34.3. The largest absolute Gasteiger partial charge is 0.335 e. The van der Waals surface area contributed by atoms with Crippen molar-refractivity contribution in [1.29, 1.82) is 0 Å². The minimum Gasteiger partial charge on any atom is -0.335 e. The summed E-state index contributed by atoms with van der Waals surface area (Å²) < 4.78 is 0. The van der Waals surface area contributed by atoms with Crippen LogP contribution in [0, 0.1) is 23.2 Å². The maximum atomic E-state index is 13.2. The first-order chi connectivity index (χ1) is 11.3. The summed E-state index contributed by atoms with van der Waals surface area (Å²) in [5, 5.41) is 7.82. The van der Waals surface area contributed by atoms with Gasteiger partial charge in [-0.3, -0.25) is 4.79 Å². The van der Waals surface area contributed by atoms with E-state index in [0.717, 1.165) is 31.5 Å². The SMILES string of the molecule is O=C(C1CC1C1CC1)N(Cc1ccsc1)C1CC12CCNCC2. The number of rotatable bonds is 5. The summed E-state index contributed by atoms with van der Waals surface area (Å²) in [5.74, 6) is 2.46. The molecule has 1 aliphatic heterocycles. The maximum Gasteiger partial charge on any atom is 0.226 e. The van der Waals surface area contributed by atoms with Gasteiger partial charge < -0.3 is 10.2 Å². The van der Waals surface area contributed by atoms with Gasteiger partial charge in [-0.2, -0.15) is 11.3 Å². The minimum absolute atomic E-state index is 0.362. The Bertz CT molecular complexity index is 589. The number of amides is 1. The summed E-state index contributed by atoms with van der Waals surface area (Å²) in [7, 11) is 0. The zero-order valence-electron chi connectivity index (χ0n) is 13.7. The minimum atomic E-state index is 0.362. The highest BCUT2D eigenvalue weighted by molar-refractivity contribution is 7.07. The molecule has 4 heteroatoms. The van der Waals surface area contributed by atoms with E-state index in [-0.39, 0.29) is 0 Å². The molecule has 124 valence electrons. The van der Waals surface area contributed by atoms with Crippen LogP contribution >= 0.6 is 11.3 Å². The molecular weight excluding hydrogens is 304 g/mol. The fourth-order valence-electron chi connectivity index (χ4n) is 4.91. The second-order valence-corrected chi connectivity index (χ2v) is 9.05. The lowest BCUT2D eigenvalue weighted by molar-refractivity contribution is -0.135. The quantitative estimate of drug-likeness (QED) is 0.899. The maximum absolute atomic E-state index is 13.2. The van der Waals surface area contributed by atoms with Gasteiger partial charge in [0.2, 0.25) is 5.91 Å². The molecule has 1 N–H and O–H groups in total. The van der Waals surface area contributed by atoms with Crippen LogP contribution in [0.1, 0.15) is 44.1 Å². The van der Waals surface area contributed by atoms with Gasteiger partial charge in [-0.25, -0.2) is 0 Å². The van der Waals surface area contributed by atoms with Crippen LogP contribution in [-0.4, -0.2) is 29.9 Å². The molecule has 0 aromatic carbocycles. The van der Waals surface area contributed by atoms with Crippen molar-refractivity contribution in [3.8, 4) is 0 Å². The van der Waals surface area contributed by atoms with E-state index in [1.54, 1.807) is 11.3 Å². The lowest BCUT2D eigenvalue weighted by Crippen LogP contribution is -2.40. The van der Waals surface area contributed by atoms with E-state index in [1.807, 2.05) is 0 Å². The highest BCUT2D eigenvalue weighted by Gasteiger charge is 2.60. The van der Waals surface area contributed by atoms with Gasteiger partial charge in [0.1, 0.15) is 0 Å². The first-order valence-corrected chi connectivity index (χ1v) is 10.2. The zero-order valence-corrected chi connectivity index (χ0v) is 14.5. The van der Waals surface area contributed by atoms with E-state index in [4.69, 9.17) is 0 Å². The van der Waals surface area contributed by atoms with Gasteiger partial charge in [0.05, 0.1) is 0 Å². The monoisotopic (exact) mass is 330 g/mol. The van der Waals surface area contributed by atoms with Crippen LogP contribution in [0.3, 0.4) is 0 Å². The van der Waals surface area contributed by atoms with E-state index in [9.17, 15) is 4.79 Å². The number of carbonyl (C=O) groups excluding carboxylic acids is 1. The fraction of sp³-hybridized carbons (Fsp3) is 0.737. The predicted molar refractivity (Wildman–Crippen MR) is 92.1 cm³/mol. The topological polar surface area (TPSA) is 32.3 Å². The lowest BCUT2D eigenvalue weighted by atomic mass is 9.93. The molecule has 1 spiro atoms. The number of hydrogen-bond acceptors (Lipinski definition) is 3. The Hall–Kier alpha value is -0.870. The standard InChI is InChI=1S/C19H26N2OS/c22-18(16-9-15(16)14-1-2-14)21(11-13-3-8-23-12-13)17-10-19(17)4-6-20-7-5-19/h3,8,12,14-17,20H,1-2,4-7,9-11H2. The van der Waals surface area contributed by atoms with E-state index < -0.39 is 0 Å². The molecular formula is C19H26N2OS. The molecule has 4 aliphatic rings. The van der Waals surface area contributed by atoms with Crippen molar-refractivity contribution in [2.75, 3.05) is 13.1 Å². The smallest absolute Gasteiger partial charge is 0.226 e. The molecule has 23 heavy (non-hydrogen) atoms. The summed E-state index contributed by atoms with van der Waals surface area (Å²) in [4.78, 5) is 15.5. The number of thiophene rings is 1. The van der Waals surface area contributed by atoms with E-state index in [1.165, 1.54) is 44.1 Å². The molecule has 3 aliphatic carbocycles. The summed E-state index contributed by atoms with van der Waals surface area (Å²) in [6.07, 6.45) is 7.66. The van der Waals surface area contributed by atoms with Crippen LogP contribution in [0.2, 0.25) is 0 Å². The third-order valence-corrected chi connectivity index (χ3v) is 7.45. The number of nitrogens with one attached hydrogen (secondary N) is 1. The number of hydrogen-bond donors (Lipinski definition) is 1. The van der Waals surface area contributed by atoms with E-state index >= 15 is 0 Å². The van der Waals surface area contributed by atoms with Crippen molar-refractivity contribution in [1.82, 2.24) is 10.2 Å². The lowest BCUT2D eigenvalue weighted by Gasteiger charge is -2.30. The van der Waals surface area contributed by atoms with Gasteiger partial charge in [-0.05, 0) is 91.3 Å². The Morgan fingerprint density at radius 2 is 2.17 bits per heavy atom. The van der Waals surface area contributed by atoms with Crippen LogP contribution < -0.4 is 5.32 Å². The first-order valence-electron chi connectivity index (χ1n) is 9.29. The highest BCUT2D eigenvalue weighted by Crippen LogP contribution is 2.59. The predicted octanol–water partition coefficient (Wildman–Crippen LogP) is 3.26. The van der Waals surface area contributed by atoms with Crippen LogP contribution in [0.4, 0.5) is 0 Å². The molecule has 1 aromatic heterocycles. The van der Waals surface area contributed by atoms with Crippen LogP contribution in [0.15, 0.2) is 16.8 Å². The molecule has 0 radical (unpaired) electrons. The van der Waals surface area contributed by atoms with Crippen LogP contribution in [-0.2, 0) is 11.3 Å². The van der Waals surface area contributed by atoms with Gasteiger partial charge in [-0.15, -0.1) is 0 Å². The van der Waals surface area contributed by atoms with Crippen LogP contribution in [0.5, 0.6) is 0 Å².